The average Bonchev–Trinajstić information content (AvgIpc) is 4.09. The second-order valence-corrected chi connectivity index (χ2v) is 23.4. The molecule has 81 heavy (non-hydrogen) atoms. The molecule has 0 amide bonds. The van der Waals surface area contributed by atoms with Crippen LogP contribution >= 0.6 is 0 Å². The van der Waals surface area contributed by atoms with Gasteiger partial charge in [-0.15, -0.1) is 0 Å². The van der Waals surface area contributed by atoms with Crippen LogP contribution in [0.25, 0.3) is 49.5 Å². The monoisotopic (exact) mass is 1070 g/mol. The van der Waals surface area contributed by atoms with Crippen LogP contribution in [0.15, 0.2) is 188 Å². The number of nitrogens with zero attached hydrogens (tertiary/aromatic N) is 4. The number of aryl methyl sites for hydroxylation is 5. The van der Waals surface area contributed by atoms with E-state index >= 15 is 0 Å². The van der Waals surface area contributed by atoms with E-state index in [2.05, 4.69) is 298 Å². The first-order valence-electron chi connectivity index (χ1n) is 29.5. The Morgan fingerprint density at radius 3 is 1.62 bits per heavy atom. The molecular weight excluding hydrogens is 985 g/mol. The molecule has 0 radical (unpaired) electrons. The third-order valence-electron chi connectivity index (χ3n) is 16.8. The van der Waals surface area contributed by atoms with Crippen LogP contribution < -0.4 is 10.6 Å². The van der Waals surface area contributed by atoms with Gasteiger partial charge < -0.3 is 19.8 Å². The van der Waals surface area contributed by atoms with Crippen LogP contribution in [0.1, 0.15) is 171 Å². The highest BCUT2D eigenvalue weighted by Crippen LogP contribution is 2.42. The van der Waals surface area contributed by atoms with E-state index in [0.717, 1.165) is 52.1 Å². The van der Waals surface area contributed by atoms with Gasteiger partial charge in [-0.05, 0) is 136 Å². The fourth-order valence-electron chi connectivity index (χ4n) is 12.4. The van der Waals surface area contributed by atoms with Crippen LogP contribution in [-0.4, -0.2) is 19.1 Å². The predicted octanol–water partition coefficient (Wildman–Crippen LogP) is 20.1. The number of para-hydroxylation sites is 4. The number of anilines is 2. The number of rotatable bonds is 15. The SMILES string of the molecule is CC(C)c1cccc(C(C)C)c1NC(c1ccccc1)c1nc2c(-c3cccc4ccccc34)cccc2n1C.CCC(C)c1cccc(C(C)C)c1NC(c1c(C)cc(C)cc1C)c1nc2c(C3=CCC=CC=C3)cccc2n1C. The molecule has 412 valence electrons. The van der Waals surface area contributed by atoms with Gasteiger partial charge in [0.2, 0.25) is 0 Å². The third kappa shape index (κ3) is 11.3. The molecule has 1 aliphatic carbocycles. The first kappa shape index (κ1) is 56.1. The minimum atomic E-state index is -0.114. The first-order chi connectivity index (χ1) is 39.1. The van der Waals surface area contributed by atoms with Crippen LogP contribution in [0.4, 0.5) is 11.4 Å². The molecule has 0 spiro atoms. The van der Waals surface area contributed by atoms with Crippen LogP contribution in [-0.2, 0) is 14.1 Å². The molecule has 0 fully saturated rings. The molecular formula is C75H82N6. The Bertz CT molecular complexity index is 3920. The lowest BCUT2D eigenvalue weighted by Crippen LogP contribution is -2.21. The smallest absolute Gasteiger partial charge is 0.136 e. The van der Waals surface area contributed by atoms with Crippen LogP contribution in [0.3, 0.4) is 0 Å². The number of hydrogen-bond donors (Lipinski definition) is 2. The van der Waals surface area contributed by atoms with Gasteiger partial charge in [0.05, 0.1) is 22.1 Å². The number of allylic oxidation sites excluding steroid dienone is 6. The summed E-state index contributed by atoms with van der Waals surface area (Å²) in [6.07, 6.45) is 13.0. The van der Waals surface area contributed by atoms with Crippen molar-refractivity contribution in [3.8, 4) is 11.1 Å². The van der Waals surface area contributed by atoms with Crippen molar-refractivity contribution >= 4 is 49.8 Å². The summed E-state index contributed by atoms with van der Waals surface area (Å²) in [5, 5.41) is 10.6. The number of imidazole rings is 2. The lowest BCUT2D eigenvalue weighted by atomic mass is 9.88. The molecule has 0 saturated carbocycles. The molecule has 2 aromatic heterocycles. The van der Waals surface area contributed by atoms with Crippen molar-refractivity contribution in [2.75, 3.05) is 10.6 Å². The second-order valence-electron chi connectivity index (χ2n) is 23.4. The maximum Gasteiger partial charge on any atom is 0.136 e. The zero-order chi connectivity index (χ0) is 57.1. The molecule has 3 unspecified atom stereocenters. The van der Waals surface area contributed by atoms with E-state index in [9.17, 15) is 0 Å². The zero-order valence-corrected chi connectivity index (χ0v) is 50.1. The predicted molar refractivity (Wildman–Crippen MR) is 347 cm³/mol. The standard InChI is InChI=1S/C38H45N3.C37H37N3/c1-9-26(5)31-19-14-18-30(24(2)3)35(31)39-37(34-27(6)22-25(4)23-28(34)7)38-40-36-32(20-15-21-33(36)41(38)8)29-16-12-10-11-13-17-29;1-24(2)28-19-12-20-29(25(3)4)35(28)38-34(27-15-7-6-8-16-27)37-39-36-32(22-13-23-33(36)40(37)5)31-21-11-17-26-14-9-10-18-30(26)31/h10-12,14-24,26,37,39H,9,13H2,1-8H3;6-25,34,38H,1-5H3. The van der Waals surface area contributed by atoms with Crippen molar-refractivity contribution < 1.29 is 0 Å². The molecule has 10 aromatic rings. The van der Waals surface area contributed by atoms with Crippen molar-refractivity contribution in [1.82, 2.24) is 19.1 Å². The van der Waals surface area contributed by atoms with Crippen molar-refractivity contribution in [3.63, 3.8) is 0 Å². The summed E-state index contributed by atoms with van der Waals surface area (Å²) in [5.74, 6) is 3.69. The van der Waals surface area contributed by atoms with Crippen molar-refractivity contribution in [3.05, 3.63) is 255 Å². The molecule has 0 aliphatic heterocycles. The van der Waals surface area contributed by atoms with Gasteiger partial charge in [-0.3, -0.25) is 0 Å². The Morgan fingerprint density at radius 2 is 1.00 bits per heavy atom. The molecule has 0 saturated heterocycles. The number of fused-ring (bicyclic) bond motifs is 3. The van der Waals surface area contributed by atoms with Crippen molar-refractivity contribution in [2.24, 2.45) is 14.1 Å². The molecule has 2 N–H and O–H groups in total. The van der Waals surface area contributed by atoms with Gasteiger partial charge in [-0.1, -0.05) is 237 Å². The largest absolute Gasteiger partial charge is 0.371 e. The van der Waals surface area contributed by atoms with E-state index in [0.29, 0.717) is 23.7 Å². The van der Waals surface area contributed by atoms with Crippen LogP contribution in [0.2, 0.25) is 0 Å². The first-order valence-corrected chi connectivity index (χ1v) is 29.5. The Morgan fingerprint density at radius 1 is 0.506 bits per heavy atom. The molecule has 11 rings (SSSR count). The van der Waals surface area contributed by atoms with E-state index < -0.39 is 0 Å². The fourth-order valence-corrected chi connectivity index (χ4v) is 12.4. The number of benzene rings is 8. The number of aromatic nitrogens is 4. The molecule has 6 nitrogen and oxygen atoms in total. The van der Waals surface area contributed by atoms with Gasteiger partial charge >= 0.3 is 0 Å². The highest BCUT2D eigenvalue weighted by molar-refractivity contribution is 6.03. The molecule has 1 aliphatic rings. The Kier molecular flexibility index (Phi) is 16.8. The Balaban J connectivity index is 0.000000182. The van der Waals surface area contributed by atoms with E-state index in [4.69, 9.17) is 9.97 Å². The van der Waals surface area contributed by atoms with Crippen LogP contribution in [0.5, 0.6) is 0 Å². The minimum absolute atomic E-state index is 0.108. The van der Waals surface area contributed by atoms with Gasteiger partial charge in [0.1, 0.15) is 23.7 Å². The molecule has 0 bridgehead atoms. The maximum atomic E-state index is 5.47. The van der Waals surface area contributed by atoms with Crippen molar-refractivity contribution in [1.29, 1.82) is 0 Å². The normalized spacial score (nSPS) is 13.7. The summed E-state index contributed by atoms with van der Waals surface area (Å²) >= 11 is 0. The van der Waals surface area contributed by atoms with E-state index in [1.165, 1.54) is 88.9 Å². The molecule has 8 aromatic carbocycles. The second kappa shape index (κ2) is 24.2. The summed E-state index contributed by atoms with van der Waals surface area (Å²) in [7, 11) is 4.32. The summed E-state index contributed by atoms with van der Waals surface area (Å²) in [6.45, 7) is 25.0. The summed E-state index contributed by atoms with van der Waals surface area (Å²) in [4.78, 5) is 10.9. The number of hydrogen-bond acceptors (Lipinski definition) is 4. The highest BCUT2D eigenvalue weighted by Gasteiger charge is 2.29. The van der Waals surface area contributed by atoms with E-state index in [-0.39, 0.29) is 12.1 Å². The maximum absolute atomic E-state index is 5.47. The lowest BCUT2D eigenvalue weighted by Gasteiger charge is -2.29. The van der Waals surface area contributed by atoms with Gasteiger partial charge in [-0.25, -0.2) is 9.97 Å². The topological polar surface area (TPSA) is 59.7 Å². The quantitative estimate of drug-likeness (QED) is 0.107. The molecule has 2 heterocycles. The lowest BCUT2D eigenvalue weighted by molar-refractivity contribution is 0.717. The average molecular weight is 1070 g/mol. The summed E-state index contributed by atoms with van der Waals surface area (Å²) in [6, 6.07) is 56.9. The van der Waals surface area contributed by atoms with E-state index in [1.54, 1.807) is 0 Å². The summed E-state index contributed by atoms with van der Waals surface area (Å²) in [5.41, 5.74) is 23.4. The van der Waals surface area contributed by atoms with Gasteiger partial charge in [0.15, 0.2) is 0 Å². The third-order valence-corrected chi connectivity index (χ3v) is 16.8. The highest BCUT2D eigenvalue weighted by atomic mass is 15.1. The number of nitrogens with one attached hydrogen (secondary N) is 2. The molecule has 6 heteroatoms. The zero-order valence-electron chi connectivity index (χ0n) is 50.1. The Hall–Kier alpha value is -8.22. The van der Waals surface area contributed by atoms with Gasteiger partial charge in [0.25, 0.3) is 0 Å². The van der Waals surface area contributed by atoms with Crippen LogP contribution in [0, 0.1) is 20.8 Å². The van der Waals surface area contributed by atoms with Crippen molar-refractivity contribution in [2.45, 2.75) is 125 Å². The fraction of sp³-hybridized carbons (Fsp3) is 0.280. The van der Waals surface area contributed by atoms with E-state index in [1.807, 2.05) is 0 Å². The molecule has 3 atom stereocenters. The summed E-state index contributed by atoms with van der Waals surface area (Å²) < 4.78 is 4.57. The Labute approximate surface area is 482 Å². The van der Waals surface area contributed by atoms with Gasteiger partial charge in [-0.2, -0.15) is 0 Å². The minimum Gasteiger partial charge on any atom is -0.371 e. The van der Waals surface area contributed by atoms with Gasteiger partial charge in [0, 0.05) is 36.6 Å².